The van der Waals surface area contributed by atoms with E-state index in [2.05, 4.69) is 45.1 Å². The molecule has 0 aliphatic rings. The summed E-state index contributed by atoms with van der Waals surface area (Å²) in [7, 11) is 0. The Morgan fingerprint density at radius 2 is 2.05 bits per heavy atom. The Balaban J connectivity index is 2.49. The second-order valence-corrected chi connectivity index (χ2v) is 5.99. The number of nitrogens with zero attached hydrogens (tertiary/aromatic N) is 2. The summed E-state index contributed by atoms with van der Waals surface area (Å²) in [6.07, 6.45) is 0.897. The minimum atomic E-state index is 0.530. The molecule has 0 amide bonds. The summed E-state index contributed by atoms with van der Waals surface area (Å²) in [6.45, 7) is 9.14. The molecule has 2 heterocycles. The summed E-state index contributed by atoms with van der Waals surface area (Å²) in [4.78, 5) is 9.20. The minimum absolute atomic E-state index is 0.530. The Morgan fingerprint density at radius 3 is 2.60 bits per heavy atom. The lowest BCUT2D eigenvalue weighted by Gasteiger charge is -2.12. The van der Waals surface area contributed by atoms with E-state index in [0.29, 0.717) is 17.5 Å². The van der Waals surface area contributed by atoms with Gasteiger partial charge in [0.25, 0.3) is 0 Å². The maximum Gasteiger partial charge on any atom is 0.197 e. The Kier molecular flexibility index (Phi) is 4.81. The normalized spacial score (nSPS) is 11.1. The van der Waals surface area contributed by atoms with Crippen LogP contribution in [0.3, 0.4) is 0 Å². The molecule has 0 spiro atoms. The summed E-state index contributed by atoms with van der Waals surface area (Å²) in [5.41, 5.74) is 1.01. The van der Waals surface area contributed by atoms with Crippen molar-refractivity contribution in [3.63, 3.8) is 0 Å². The van der Waals surface area contributed by atoms with Crippen molar-refractivity contribution < 1.29 is 4.42 Å². The molecule has 5 heteroatoms. The van der Waals surface area contributed by atoms with Crippen LogP contribution in [0.1, 0.15) is 32.2 Å². The molecular formula is C15H20BrN3O. The van der Waals surface area contributed by atoms with Crippen molar-refractivity contribution >= 4 is 21.7 Å². The van der Waals surface area contributed by atoms with Crippen molar-refractivity contribution in [2.24, 2.45) is 5.92 Å². The van der Waals surface area contributed by atoms with E-state index in [1.165, 1.54) is 0 Å². The van der Waals surface area contributed by atoms with Gasteiger partial charge in [0, 0.05) is 6.54 Å². The van der Waals surface area contributed by atoms with Crippen LogP contribution in [0.2, 0.25) is 0 Å². The summed E-state index contributed by atoms with van der Waals surface area (Å²) < 4.78 is 6.58. The third kappa shape index (κ3) is 3.39. The molecule has 2 rings (SSSR count). The van der Waals surface area contributed by atoms with Gasteiger partial charge in [-0.2, -0.15) is 0 Å². The number of aryl methyl sites for hydroxylation is 1. The van der Waals surface area contributed by atoms with Crippen molar-refractivity contribution in [3.05, 3.63) is 28.1 Å². The standard InChI is InChI=1S/C15H20BrN3O/c1-5-17-15-13(16)11(8-9(2)3)18-14(19-15)12-7-6-10(4)20-12/h6-7,9H,5,8H2,1-4H3,(H,17,18,19). The largest absolute Gasteiger partial charge is 0.458 e. The monoisotopic (exact) mass is 337 g/mol. The quantitative estimate of drug-likeness (QED) is 0.876. The van der Waals surface area contributed by atoms with Gasteiger partial charge in [-0.15, -0.1) is 0 Å². The Labute approximate surface area is 128 Å². The molecule has 2 aromatic heterocycles. The second-order valence-electron chi connectivity index (χ2n) is 5.20. The molecule has 0 aromatic carbocycles. The highest BCUT2D eigenvalue weighted by Crippen LogP contribution is 2.29. The first kappa shape index (κ1) is 15.0. The number of hydrogen-bond donors (Lipinski definition) is 1. The van der Waals surface area contributed by atoms with E-state index in [0.717, 1.165) is 34.7 Å². The highest BCUT2D eigenvalue weighted by atomic mass is 79.9. The molecule has 0 bridgehead atoms. The number of nitrogens with one attached hydrogen (secondary N) is 1. The predicted molar refractivity (Wildman–Crippen MR) is 84.9 cm³/mol. The molecule has 4 nitrogen and oxygen atoms in total. The third-order valence-corrected chi connectivity index (χ3v) is 3.66. The molecule has 0 saturated carbocycles. The first-order chi connectivity index (χ1) is 9.51. The third-order valence-electron chi connectivity index (χ3n) is 2.83. The van der Waals surface area contributed by atoms with Gasteiger partial charge in [0.2, 0.25) is 0 Å². The van der Waals surface area contributed by atoms with Crippen molar-refractivity contribution in [1.29, 1.82) is 0 Å². The molecule has 0 aliphatic heterocycles. The van der Waals surface area contributed by atoms with E-state index in [4.69, 9.17) is 4.42 Å². The van der Waals surface area contributed by atoms with E-state index in [1.807, 2.05) is 26.0 Å². The molecule has 0 radical (unpaired) electrons. The fraction of sp³-hybridized carbons (Fsp3) is 0.467. The fourth-order valence-corrected chi connectivity index (χ4v) is 2.44. The molecule has 2 aromatic rings. The molecule has 0 saturated heterocycles. The van der Waals surface area contributed by atoms with Crippen LogP contribution >= 0.6 is 15.9 Å². The molecule has 0 atom stereocenters. The number of furan rings is 1. The number of hydrogen-bond acceptors (Lipinski definition) is 4. The average molecular weight is 338 g/mol. The van der Waals surface area contributed by atoms with Crippen molar-refractivity contribution in [2.45, 2.75) is 34.1 Å². The van der Waals surface area contributed by atoms with Crippen LogP contribution in [-0.4, -0.2) is 16.5 Å². The van der Waals surface area contributed by atoms with Crippen LogP contribution in [0.5, 0.6) is 0 Å². The lowest BCUT2D eigenvalue weighted by atomic mass is 10.1. The first-order valence-electron chi connectivity index (χ1n) is 6.88. The lowest BCUT2D eigenvalue weighted by Crippen LogP contribution is -2.07. The van der Waals surface area contributed by atoms with Crippen molar-refractivity contribution in [3.8, 4) is 11.6 Å². The van der Waals surface area contributed by atoms with Gasteiger partial charge >= 0.3 is 0 Å². The van der Waals surface area contributed by atoms with Crippen LogP contribution in [0.4, 0.5) is 5.82 Å². The van der Waals surface area contributed by atoms with E-state index < -0.39 is 0 Å². The van der Waals surface area contributed by atoms with Gasteiger partial charge in [-0.05, 0) is 54.2 Å². The molecule has 108 valence electrons. The fourth-order valence-electron chi connectivity index (χ4n) is 1.96. The van der Waals surface area contributed by atoms with Crippen molar-refractivity contribution in [2.75, 3.05) is 11.9 Å². The number of rotatable bonds is 5. The maximum atomic E-state index is 5.63. The molecule has 20 heavy (non-hydrogen) atoms. The van der Waals surface area contributed by atoms with Gasteiger partial charge in [-0.3, -0.25) is 0 Å². The molecule has 0 aliphatic carbocycles. The number of halogens is 1. The van der Waals surface area contributed by atoms with E-state index >= 15 is 0 Å². The minimum Gasteiger partial charge on any atom is -0.458 e. The highest BCUT2D eigenvalue weighted by Gasteiger charge is 2.15. The average Bonchev–Trinajstić information content (AvgIpc) is 2.80. The second kappa shape index (κ2) is 6.39. The topological polar surface area (TPSA) is 51.0 Å². The van der Waals surface area contributed by atoms with Gasteiger partial charge in [-0.1, -0.05) is 13.8 Å². The molecule has 0 unspecified atom stereocenters. The summed E-state index contributed by atoms with van der Waals surface area (Å²) >= 11 is 3.60. The SMILES string of the molecule is CCNc1nc(-c2ccc(C)o2)nc(CC(C)C)c1Br. The zero-order valence-corrected chi connectivity index (χ0v) is 13.9. The highest BCUT2D eigenvalue weighted by molar-refractivity contribution is 9.10. The number of anilines is 1. The van der Waals surface area contributed by atoms with E-state index in [-0.39, 0.29) is 0 Å². The summed E-state index contributed by atoms with van der Waals surface area (Å²) in [5, 5.41) is 3.27. The van der Waals surface area contributed by atoms with Crippen molar-refractivity contribution in [1.82, 2.24) is 9.97 Å². The Bertz CT molecular complexity index is 593. The lowest BCUT2D eigenvalue weighted by molar-refractivity contribution is 0.543. The Hall–Kier alpha value is -1.36. The van der Waals surface area contributed by atoms with Gasteiger partial charge in [0.05, 0.1) is 10.2 Å². The zero-order valence-electron chi connectivity index (χ0n) is 12.3. The molecular weight excluding hydrogens is 318 g/mol. The molecule has 0 fully saturated rings. The summed E-state index contributed by atoms with van der Waals surface area (Å²) in [5.74, 6) is 3.55. The zero-order chi connectivity index (χ0) is 14.7. The van der Waals surface area contributed by atoms with Crippen LogP contribution in [0.25, 0.3) is 11.6 Å². The summed E-state index contributed by atoms with van der Waals surface area (Å²) in [6, 6.07) is 3.84. The van der Waals surface area contributed by atoms with Gasteiger partial charge in [0.15, 0.2) is 11.6 Å². The smallest absolute Gasteiger partial charge is 0.197 e. The molecule has 1 N–H and O–H groups in total. The first-order valence-corrected chi connectivity index (χ1v) is 7.67. The predicted octanol–water partition coefficient (Wildman–Crippen LogP) is 4.44. The van der Waals surface area contributed by atoms with E-state index in [1.54, 1.807) is 0 Å². The van der Waals surface area contributed by atoms with Gasteiger partial charge in [-0.25, -0.2) is 9.97 Å². The van der Waals surface area contributed by atoms with Crippen LogP contribution in [0.15, 0.2) is 21.0 Å². The van der Waals surface area contributed by atoms with Gasteiger partial charge < -0.3 is 9.73 Å². The number of aromatic nitrogens is 2. The van der Waals surface area contributed by atoms with Crippen LogP contribution in [0, 0.1) is 12.8 Å². The van der Waals surface area contributed by atoms with Gasteiger partial charge in [0.1, 0.15) is 11.6 Å². The van der Waals surface area contributed by atoms with E-state index in [9.17, 15) is 0 Å². The van der Waals surface area contributed by atoms with Crippen LogP contribution < -0.4 is 5.32 Å². The Morgan fingerprint density at radius 1 is 1.30 bits per heavy atom. The maximum absolute atomic E-state index is 5.63. The van der Waals surface area contributed by atoms with Crippen LogP contribution in [-0.2, 0) is 6.42 Å².